The molecule has 0 unspecified atom stereocenters. The topological polar surface area (TPSA) is 56.0 Å². The second-order valence-corrected chi connectivity index (χ2v) is 4.46. The van der Waals surface area contributed by atoms with Gasteiger partial charge in [-0.15, -0.1) is 0 Å². The molecule has 1 heterocycles. The van der Waals surface area contributed by atoms with Gasteiger partial charge in [0.25, 0.3) is 0 Å². The highest BCUT2D eigenvalue weighted by Gasteiger charge is 2.19. The standard InChI is InChI=1S/C12H16N2O/c1-12(2,3)11(15)7-10(13)9-5-4-6-14-8-9/h4-8H,13H2,1-3H3. The Morgan fingerprint density at radius 2 is 2.13 bits per heavy atom. The Balaban J connectivity index is 2.91. The fraction of sp³-hybridized carbons (Fsp3) is 0.333. The number of allylic oxidation sites excluding steroid dienone is 1. The summed E-state index contributed by atoms with van der Waals surface area (Å²) in [6.45, 7) is 5.59. The van der Waals surface area contributed by atoms with Crippen LogP contribution in [-0.2, 0) is 4.79 Å². The lowest BCUT2D eigenvalue weighted by atomic mass is 9.90. The minimum atomic E-state index is -0.396. The molecule has 0 radical (unpaired) electrons. The number of nitrogens with zero attached hydrogens (tertiary/aromatic N) is 1. The lowest BCUT2D eigenvalue weighted by Gasteiger charge is -2.14. The fourth-order valence-electron chi connectivity index (χ4n) is 0.975. The van der Waals surface area contributed by atoms with Gasteiger partial charge in [-0.25, -0.2) is 0 Å². The lowest BCUT2D eigenvalue weighted by Crippen LogP contribution is -2.18. The van der Waals surface area contributed by atoms with E-state index < -0.39 is 5.41 Å². The molecule has 0 aromatic carbocycles. The van der Waals surface area contributed by atoms with E-state index in [1.54, 1.807) is 18.5 Å². The maximum Gasteiger partial charge on any atom is 0.163 e. The van der Waals surface area contributed by atoms with Gasteiger partial charge in [-0.05, 0) is 12.1 Å². The summed E-state index contributed by atoms with van der Waals surface area (Å²) >= 11 is 0. The third-order valence-electron chi connectivity index (χ3n) is 2.02. The highest BCUT2D eigenvalue weighted by atomic mass is 16.1. The van der Waals surface area contributed by atoms with Crippen molar-refractivity contribution in [2.45, 2.75) is 20.8 Å². The number of hydrogen-bond donors (Lipinski definition) is 1. The molecular formula is C12H16N2O. The summed E-state index contributed by atoms with van der Waals surface area (Å²) in [4.78, 5) is 15.6. The smallest absolute Gasteiger partial charge is 0.163 e. The lowest BCUT2D eigenvalue weighted by molar-refractivity contribution is -0.121. The molecule has 0 saturated carbocycles. The largest absolute Gasteiger partial charge is 0.398 e. The average molecular weight is 204 g/mol. The van der Waals surface area contributed by atoms with Crippen molar-refractivity contribution in [3.8, 4) is 0 Å². The predicted molar refractivity (Wildman–Crippen MR) is 60.9 cm³/mol. The molecule has 1 rings (SSSR count). The summed E-state index contributed by atoms with van der Waals surface area (Å²) in [6, 6.07) is 3.62. The molecule has 80 valence electrons. The second kappa shape index (κ2) is 4.26. The number of aromatic nitrogens is 1. The van der Waals surface area contributed by atoms with Crippen molar-refractivity contribution in [1.82, 2.24) is 4.98 Å². The molecule has 0 fully saturated rings. The van der Waals surface area contributed by atoms with Gasteiger partial charge in [0.15, 0.2) is 5.78 Å². The van der Waals surface area contributed by atoms with Crippen LogP contribution in [0.3, 0.4) is 0 Å². The molecule has 1 aromatic rings. The van der Waals surface area contributed by atoms with Crippen LogP contribution in [0.1, 0.15) is 26.3 Å². The molecule has 2 N–H and O–H groups in total. The molecule has 0 atom stereocenters. The molecule has 3 heteroatoms. The summed E-state index contributed by atoms with van der Waals surface area (Å²) in [5.41, 5.74) is 6.63. The van der Waals surface area contributed by atoms with Crippen molar-refractivity contribution >= 4 is 11.5 Å². The zero-order chi connectivity index (χ0) is 11.5. The minimum Gasteiger partial charge on any atom is -0.398 e. The summed E-state index contributed by atoms with van der Waals surface area (Å²) in [5, 5.41) is 0. The Morgan fingerprint density at radius 1 is 1.47 bits per heavy atom. The van der Waals surface area contributed by atoms with Crippen molar-refractivity contribution in [2.24, 2.45) is 11.1 Å². The summed E-state index contributed by atoms with van der Waals surface area (Å²) in [7, 11) is 0. The highest BCUT2D eigenvalue weighted by molar-refractivity contribution is 5.99. The zero-order valence-corrected chi connectivity index (χ0v) is 9.32. The van der Waals surface area contributed by atoms with Crippen LogP contribution in [-0.4, -0.2) is 10.8 Å². The normalized spacial score (nSPS) is 12.6. The number of hydrogen-bond acceptors (Lipinski definition) is 3. The molecule has 0 saturated heterocycles. The van der Waals surface area contributed by atoms with E-state index in [2.05, 4.69) is 4.98 Å². The molecule has 0 bridgehead atoms. The Labute approximate surface area is 90.0 Å². The molecule has 0 aliphatic rings. The first-order chi connectivity index (χ1) is 6.91. The van der Waals surface area contributed by atoms with Gasteiger partial charge in [0.2, 0.25) is 0 Å². The molecular weight excluding hydrogens is 188 g/mol. The second-order valence-electron chi connectivity index (χ2n) is 4.46. The number of pyridine rings is 1. The third-order valence-corrected chi connectivity index (χ3v) is 2.02. The van der Waals surface area contributed by atoms with E-state index in [9.17, 15) is 4.79 Å². The van der Waals surface area contributed by atoms with E-state index in [4.69, 9.17) is 5.73 Å². The van der Waals surface area contributed by atoms with Gasteiger partial charge in [0, 0.05) is 35.1 Å². The molecule has 0 amide bonds. The Kier molecular flexibility index (Phi) is 3.24. The van der Waals surface area contributed by atoms with Crippen molar-refractivity contribution in [2.75, 3.05) is 0 Å². The van der Waals surface area contributed by atoms with Crippen molar-refractivity contribution < 1.29 is 4.79 Å². The highest BCUT2D eigenvalue weighted by Crippen LogP contribution is 2.17. The monoisotopic (exact) mass is 204 g/mol. The maximum absolute atomic E-state index is 11.7. The fourth-order valence-corrected chi connectivity index (χ4v) is 0.975. The van der Waals surface area contributed by atoms with Gasteiger partial charge in [-0.3, -0.25) is 9.78 Å². The molecule has 15 heavy (non-hydrogen) atoms. The van der Waals surface area contributed by atoms with Gasteiger partial charge >= 0.3 is 0 Å². The van der Waals surface area contributed by atoms with Crippen LogP contribution in [0.25, 0.3) is 5.70 Å². The first-order valence-electron chi connectivity index (χ1n) is 4.83. The summed E-state index contributed by atoms with van der Waals surface area (Å²) < 4.78 is 0. The third kappa shape index (κ3) is 3.20. The number of rotatable bonds is 2. The first-order valence-corrected chi connectivity index (χ1v) is 4.83. The van der Waals surface area contributed by atoms with Crippen LogP contribution in [0.2, 0.25) is 0 Å². The number of ketones is 1. The van der Waals surface area contributed by atoms with Crippen molar-refractivity contribution in [1.29, 1.82) is 0 Å². The average Bonchev–Trinajstić information content (AvgIpc) is 2.17. The van der Waals surface area contributed by atoms with E-state index in [0.717, 1.165) is 5.56 Å². The van der Waals surface area contributed by atoms with E-state index >= 15 is 0 Å². The number of nitrogens with two attached hydrogens (primary N) is 1. The van der Waals surface area contributed by atoms with E-state index in [0.29, 0.717) is 5.70 Å². The number of carbonyl (C=O) groups is 1. The van der Waals surface area contributed by atoms with Gasteiger partial charge in [-0.2, -0.15) is 0 Å². The zero-order valence-electron chi connectivity index (χ0n) is 9.32. The van der Waals surface area contributed by atoms with Crippen LogP contribution in [0.4, 0.5) is 0 Å². The Bertz CT molecular complexity index is 374. The van der Waals surface area contributed by atoms with Crippen molar-refractivity contribution in [3.63, 3.8) is 0 Å². The van der Waals surface area contributed by atoms with Gasteiger partial charge in [0.05, 0.1) is 0 Å². The Morgan fingerprint density at radius 3 is 2.60 bits per heavy atom. The van der Waals surface area contributed by atoms with Crippen LogP contribution in [0.5, 0.6) is 0 Å². The van der Waals surface area contributed by atoms with E-state index in [-0.39, 0.29) is 5.78 Å². The van der Waals surface area contributed by atoms with E-state index in [1.807, 2.05) is 26.8 Å². The van der Waals surface area contributed by atoms with E-state index in [1.165, 1.54) is 6.08 Å². The van der Waals surface area contributed by atoms with Crippen LogP contribution >= 0.6 is 0 Å². The summed E-state index contributed by atoms with van der Waals surface area (Å²) in [6.07, 6.45) is 4.78. The molecule has 0 spiro atoms. The van der Waals surface area contributed by atoms with Crippen LogP contribution in [0, 0.1) is 5.41 Å². The first kappa shape index (κ1) is 11.4. The Hall–Kier alpha value is -1.64. The van der Waals surface area contributed by atoms with Crippen LogP contribution in [0.15, 0.2) is 30.6 Å². The predicted octanol–water partition coefficient (Wildman–Crippen LogP) is 2.00. The van der Waals surface area contributed by atoms with Gasteiger partial charge in [0.1, 0.15) is 0 Å². The number of carbonyl (C=O) groups excluding carboxylic acids is 1. The maximum atomic E-state index is 11.7. The molecule has 0 aliphatic carbocycles. The molecule has 1 aromatic heterocycles. The SMILES string of the molecule is CC(C)(C)C(=O)C=C(N)c1cccnc1. The van der Waals surface area contributed by atoms with Gasteiger partial charge in [-0.1, -0.05) is 20.8 Å². The minimum absolute atomic E-state index is 0.0175. The quantitative estimate of drug-likeness (QED) is 0.749. The molecule has 3 nitrogen and oxygen atoms in total. The van der Waals surface area contributed by atoms with Crippen LogP contribution < -0.4 is 5.73 Å². The van der Waals surface area contributed by atoms with Crippen molar-refractivity contribution in [3.05, 3.63) is 36.2 Å². The van der Waals surface area contributed by atoms with Gasteiger partial charge < -0.3 is 5.73 Å². The molecule has 0 aliphatic heterocycles. The summed E-state index contributed by atoms with van der Waals surface area (Å²) in [5.74, 6) is 0.0175.